The number of carbonyl (C=O) groups is 1. The van der Waals surface area contributed by atoms with Crippen molar-refractivity contribution in [1.82, 2.24) is 4.90 Å². The van der Waals surface area contributed by atoms with Gasteiger partial charge in [-0.25, -0.2) is 0 Å². The van der Waals surface area contributed by atoms with Crippen molar-refractivity contribution in [1.29, 1.82) is 0 Å². The van der Waals surface area contributed by atoms with Crippen LogP contribution in [0.25, 0.3) is 0 Å². The summed E-state index contributed by atoms with van der Waals surface area (Å²) in [6.45, 7) is 1.40. The lowest BCUT2D eigenvalue weighted by Gasteiger charge is -2.39. The van der Waals surface area contributed by atoms with Crippen molar-refractivity contribution in [2.45, 2.75) is 25.1 Å². The molecule has 1 N–H and O–H groups in total. The predicted octanol–water partition coefficient (Wildman–Crippen LogP) is 4.19. The van der Waals surface area contributed by atoms with Gasteiger partial charge in [-0.1, -0.05) is 40.2 Å². The Labute approximate surface area is 149 Å². The minimum atomic E-state index is -0.186. The van der Waals surface area contributed by atoms with Gasteiger partial charge in [-0.3, -0.25) is 4.79 Å². The van der Waals surface area contributed by atoms with Crippen LogP contribution in [0.3, 0.4) is 0 Å². The fourth-order valence-electron chi connectivity index (χ4n) is 3.43. The second kappa shape index (κ2) is 6.57. The summed E-state index contributed by atoms with van der Waals surface area (Å²) >= 11 is 3.53. The van der Waals surface area contributed by atoms with E-state index in [1.165, 1.54) is 0 Å². The van der Waals surface area contributed by atoms with Crippen LogP contribution in [0.2, 0.25) is 0 Å². The van der Waals surface area contributed by atoms with Crippen LogP contribution >= 0.6 is 15.9 Å². The highest BCUT2D eigenvalue weighted by Crippen LogP contribution is 2.34. The van der Waals surface area contributed by atoms with Crippen LogP contribution in [-0.2, 0) is 4.74 Å². The summed E-state index contributed by atoms with van der Waals surface area (Å²) < 4.78 is 6.77. The third-order valence-corrected chi connectivity index (χ3v) is 5.10. The molecule has 5 heteroatoms. The molecule has 2 heterocycles. The number of ether oxygens (including phenoxy) is 1. The Balaban J connectivity index is 1.72. The standard InChI is InChI=1S/C19H19BrN2O2/c20-14-6-3-5-13(11-14)18-21-17-9-2-1-8-16(17)19(23)22(18)12-15-7-4-10-24-15/h1-3,5-6,8-9,11,15,18,21H,4,7,10,12H2/t15-,18+/m0/s1. The van der Waals surface area contributed by atoms with Crippen molar-refractivity contribution >= 4 is 27.5 Å². The van der Waals surface area contributed by atoms with E-state index in [2.05, 4.69) is 27.3 Å². The van der Waals surface area contributed by atoms with E-state index in [9.17, 15) is 4.79 Å². The molecule has 0 aromatic heterocycles. The smallest absolute Gasteiger partial charge is 0.257 e. The van der Waals surface area contributed by atoms with E-state index >= 15 is 0 Å². The fourth-order valence-corrected chi connectivity index (χ4v) is 3.85. The number of fused-ring (bicyclic) bond motifs is 1. The zero-order valence-electron chi connectivity index (χ0n) is 13.2. The van der Waals surface area contributed by atoms with Crippen molar-refractivity contribution in [3.63, 3.8) is 0 Å². The highest BCUT2D eigenvalue weighted by molar-refractivity contribution is 9.10. The van der Waals surface area contributed by atoms with Crippen LogP contribution in [0.15, 0.2) is 53.0 Å². The van der Waals surface area contributed by atoms with Crippen molar-refractivity contribution < 1.29 is 9.53 Å². The lowest BCUT2D eigenvalue weighted by Crippen LogP contribution is -2.46. The van der Waals surface area contributed by atoms with E-state index in [4.69, 9.17) is 4.74 Å². The van der Waals surface area contributed by atoms with Crippen LogP contribution in [0.1, 0.15) is 34.9 Å². The topological polar surface area (TPSA) is 41.6 Å². The minimum absolute atomic E-state index is 0.0600. The predicted molar refractivity (Wildman–Crippen MR) is 97.0 cm³/mol. The molecular formula is C19H19BrN2O2. The molecule has 2 atom stereocenters. The number of anilines is 1. The number of halogens is 1. The van der Waals surface area contributed by atoms with Crippen LogP contribution in [0.5, 0.6) is 0 Å². The van der Waals surface area contributed by atoms with Gasteiger partial charge in [0.25, 0.3) is 5.91 Å². The quantitative estimate of drug-likeness (QED) is 0.859. The second-order valence-corrected chi connectivity index (χ2v) is 7.16. The van der Waals surface area contributed by atoms with Crippen LogP contribution in [0.4, 0.5) is 5.69 Å². The van der Waals surface area contributed by atoms with Gasteiger partial charge in [-0.15, -0.1) is 0 Å². The van der Waals surface area contributed by atoms with Crippen molar-refractivity contribution in [2.24, 2.45) is 0 Å². The van der Waals surface area contributed by atoms with Crippen molar-refractivity contribution in [2.75, 3.05) is 18.5 Å². The molecule has 0 spiro atoms. The summed E-state index contributed by atoms with van der Waals surface area (Å²) in [5.74, 6) is 0.0600. The molecule has 2 aromatic rings. The Kier molecular flexibility index (Phi) is 4.29. The first-order valence-corrected chi connectivity index (χ1v) is 9.05. The average molecular weight is 387 g/mol. The number of nitrogens with one attached hydrogen (secondary N) is 1. The molecule has 0 aliphatic carbocycles. The zero-order chi connectivity index (χ0) is 16.5. The van der Waals surface area contributed by atoms with Crippen molar-refractivity contribution in [3.05, 3.63) is 64.1 Å². The molecule has 0 unspecified atom stereocenters. The first kappa shape index (κ1) is 15.7. The average Bonchev–Trinajstić information content (AvgIpc) is 3.10. The number of rotatable bonds is 3. The zero-order valence-corrected chi connectivity index (χ0v) is 14.8. The molecule has 4 nitrogen and oxygen atoms in total. The molecule has 1 saturated heterocycles. The third kappa shape index (κ3) is 2.94. The number of benzene rings is 2. The number of hydrogen-bond donors (Lipinski definition) is 1. The van der Waals surface area contributed by atoms with E-state index in [1.807, 2.05) is 47.4 Å². The summed E-state index contributed by atoms with van der Waals surface area (Å²) in [7, 11) is 0. The van der Waals surface area contributed by atoms with Gasteiger partial charge < -0.3 is 15.0 Å². The fraction of sp³-hybridized carbons (Fsp3) is 0.316. The van der Waals surface area contributed by atoms with E-state index in [-0.39, 0.29) is 18.2 Å². The Morgan fingerprint density at radius 1 is 1.21 bits per heavy atom. The molecule has 4 rings (SSSR count). The molecule has 24 heavy (non-hydrogen) atoms. The second-order valence-electron chi connectivity index (χ2n) is 6.24. The van der Waals surface area contributed by atoms with Gasteiger partial charge in [0.15, 0.2) is 0 Å². The highest BCUT2D eigenvalue weighted by Gasteiger charge is 2.35. The molecule has 124 valence electrons. The Bertz CT molecular complexity index is 759. The van der Waals surface area contributed by atoms with Crippen LogP contribution in [0, 0.1) is 0 Å². The molecule has 1 amide bonds. The Morgan fingerprint density at radius 3 is 2.88 bits per heavy atom. The lowest BCUT2D eigenvalue weighted by atomic mass is 10.0. The molecule has 2 aromatic carbocycles. The number of carbonyl (C=O) groups excluding carboxylic acids is 1. The van der Waals surface area contributed by atoms with Gasteiger partial charge in [-0.2, -0.15) is 0 Å². The summed E-state index contributed by atoms with van der Waals surface area (Å²) in [5, 5.41) is 3.52. The number of nitrogens with zero attached hydrogens (tertiary/aromatic N) is 1. The molecule has 2 aliphatic heterocycles. The first-order chi connectivity index (χ1) is 11.7. The maximum absolute atomic E-state index is 13.1. The van der Waals surface area contributed by atoms with E-state index in [0.717, 1.165) is 40.7 Å². The largest absolute Gasteiger partial charge is 0.376 e. The molecule has 2 aliphatic rings. The lowest BCUT2D eigenvalue weighted by molar-refractivity contribution is 0.0427. The van der Waals surface area contributed by atoms with Gasteiger partial charge in [0.1, 0.15) is 6.17 Å². The van der Waals surface area contributed by atoms with Crippen LogP contribution < -0.4 is 5.32 Å². The minimum Gasteiger partial charge on any atom is -0.376 e. The van der Waals surface area contributed by atoms with Crippen LogP contribution in [-0.4, -0.2) is 30.1 Å². The number of para-hydroxylation sites is 1. The summed E-state index contributed by atoms with van der Waals surface area (Å²) in [5.41, 5.74) is 2.67. The van der Waals surface area contributed by atoms with E-state index < -0.39 is 0 Å². The molecule has 0 radical (unpaired) electrons. The van der Waals surface area contributed by atoms with Gasteiger partial charge in [0.05, 0.1) is 11.7 Å². The molecule has 1 fully saturated rings. The summed E-state index contributed by atoms with van der Waals surface area (Å²) in [6.07, 6.45) is 2.01. The van der Waals surface area contributed by atoms with Gasteiger partial charge in [0.2, 0.25) is 0 Å². The summed E-state index contributed by atoms with van der Waals surface area (Å²) in [6, 6.07) is 15.8. The van der Waals surface area contributed by atoms with E-state index in [1.54, 1.807) is 0 Å². The van der Waals surface area contributed by atoms with Crippen molar-refractivity contribution in [3.8, 4) is 0 Å². The van der Waals surface area contributed by atoms with Gasteiger partial charge in [0, 0.05) is 23.3 Å². The van der Waals surface area contributed by atoms with Gasteiger partial charge in [-0.05, 0) is 42.7 Å². The molecule has 0 saturated carbocycles. The normalized spacial score (nSPS) is 23.0. The monoisotopic (exact) mass is 386 g/mol. The molecule has 0 bridgehead atoms. The first-order valence-electron chi connectivity index (χ1n) is 8.26. The third-order valence-electron chi connectivity index (χ3n) is 4.61. The van der Waals surface area contributed by atoms with E-state index in [0.29, 0.717) is 6.54 Å². The summed E-state index contributed by atoms with van der Waals surface area (Å²) in [4.78, 5) is 15.0. The maximum atomic E-state index is 13.1. The Morgan fingerprint density at radius 2 is 2.08 bits per heavy atom. The molecular weight excluding hydrogens is 368 g/mol. The Hall–Kier alpha value is -1.85. The SMILES string of the molecule is O=C1c2ccccc2N[C@@H](c2cccc(Br)c2)N1C[C@@H]1CCCO1. The number of amides is 1. The highest BCUT2D eigenvalue weighted by atomic mass is 79.9. The van der Waals surface area contributed by atoms with Gasteiger partial charge >= 0.3 is 0 Å². The maximum Gasteiger partial charge on any atom is 0.257 e. The number of hydrogen-bond acceptors (Lipinski definition) is 3.